The second-order valence-corrected chi connectivity index (χ2v) is 10.4. The average molecular weight is 462 g/mol. The van der Waals surface area contributed by atoms with Gasteiger partial charge in [0.15, 0.2) is 0 Å². The maximum absolute atomic E-state index is 13.0. The fraction of sp³-hybridized carbons (Fsp3) is 0.407. The van der Waals surface area contributed by atoms with Crippen LogP contribution in [0.25, 0.3) is 0 Å². The van der Waals surface area contributed by atoms with Gasteiger partial charge in [0.05, 0.1) is 10.6 Å². The molecule has 4 rings (SSSR count). The summed E-state index contributed by atoms with van der Waals surface area (Å²) >= 11 is 6.17. The highest BCUT2D eigenvalue weighted by Crippen LogP contribution is 2.55. The molecule has 2 fully saturated rings. The van der Waals surface area contributed by atoms with E-state index in [0.717, 1.165) is 18.7 Å². The molecule has 1 heterocycles. The summed E-state index contributed by atoms with van der Waals surface area (Å²) in [6.07, 6.45) is -0.141. The number of ether oxygens (including phenoxy) is 1. The number of nitrogens with one attached hydrogen (secondary N) is 2. The predicted molar refractivity (Wildman–Crippen MR) is 129 cm³/mol. The highest BCUT2D eigenvalue weighted by molar-refractivity contribution is 6.31. The Morgan fingerprint density at radius 3 is 2.33 bits per heavy atom. The summed E-state index contributed by atoms with van der Waals surface area (Å²) < 4.78 is 6.29. The molecule has 0 atom stereocenters. The highest BCUT2D eigenvalue weighted by atomic mass is 35.5. The van der Waals surface area contributed by atoms with Gasteiger partial charge in [-0.3, -0.25) is 4.79 Å². The predicted octanol–water partition coefficient (Wildman–Crippen LogP) is 4.39. The van der Waals surface area contributed by atoms with Gasteiger partial charge < -0.3 is 15.4 Å². The highest BCUT2D eigenvalue weighted by Gasteiger charge is 2.64. The normalized spacial score (nSPS) is 22.5. The molecule has 170 valence electrons. The van der Waals surface area contributed by atoms with Crippen LogP contribution in [-0.2, 0) is 0 Å². The molecule has 0 radical (unpaired) electrons. The standard InChI is InChI=1S/C27H28ClN3O2/c1-26(2)24(27(3,4)25(26)33-21-12-11-20(14-29)22(28)13-21)31-23(32)19-9-7-17(8-10-19)5-6-18-15-30-16-18/h7-13,18,24-25,30H,15-16H2,1-4H3,(H,31,32)/t24-,25-. The lowest BCUT2D eigenvalue weighted by Gasteiger charge is -2.63. The number of amides is 1. The van der Waals surface area contributed by atoms with Gasteiger partial charge >= 0.3 is 0 Å². The third kappa shape index (κ3) is 4.44. The number of nitriles is 1. The minimum atomic E-state index is -0.304. The summed E-state index contributed by atoms with van der Waals surface area (Å²) in [5.41, 5.74) is 1.33. The molecular formula is C27H28ClN3O2. The summed E-state index contributed by atoms with van der Waals surface area (Å²) in [7, 11) is 0. The smallest absolute Gasteiger partial charge is 0.251 e. The zero-order valence-corrected chi connectivity index (χ0v) is 20.1. The van der Waals surface area contributed by atoms with Crippen molar-refractivity contribution in [1.29, 1.82) is 5.26 Å². The lowest BCUT2D eigenvalue weighted by atomic mass is 9.49. The van der Waals surface area contributed by atoms with Crippen molar-refractivity contribution < 1.29 is 9.53 Å². The number of nitrogens with zero attached hydrogens (tertiary/aromatic N) is 1. The van der Waals surface area contributed by atoms with Crippen molar-refractivity contribution in [2.75, 3.05) is 13.1 Å². The van der Waals surface area contributed by atoms with Gasteiger partial charge in [0, 0.05) is 53.1 Å². The second-order valence-electron chi connectivity index (χ2n) is 10.0. The molecule has 0 bridgehead atoms. The van der Waals surface area contributed by atoms with Crippen molar-refractivity contribution in [3.05, 3.63) is 64.2 Å². The molecule has 0 spiro atoms. The first-order valence-corrected chi connectivity index (χ1v) is 11.5. The summed E-state index contributed by atoms with van der Waals surface area (Å²) in [5.74, 6) is 7.35. The molecule has 2 N–H and O–H groups in total. The maximum Gasteiger partial charge on any atom is 0.251 e. The molecule has 1 saturated heterocycles. The lowest BCUT2D eigenvalue weighted by molar-refractivity contribution is -0.164. The van der Waals surface area contributed by atoms with Crippen LogP contribution in [0.1, 0.15) is 49.2 Å². The van der Waals surface area contributed by atoms with Gasteiger partial charge in [-0.15, -0.1) is 0 Å². The minimum absolute atomic E-state index is 0.0815. The van der Waals surface area contributed by atoms with E-state index >= 15 is 0 Å². The molecule has 1 amide bonds. The van der Waals surface area contributed by atoms with Crippen molar-refractivity contribution >= 4 is 17.5 Å². The lowest BCUT2D eigenvalue weighted by Crippen LogP contribution is -2.74. The van der Waals surface area contributed by atoms with Gasteiger partial charge in [0.2, 0.25) is 0 Å². The van der Waals surface area contributed by atoms with Crippen LogP contribution in [0.15, 0.2) is 42.5 Å². The first-order chi connectivity index (χ1) is 15.6. The van der Waals surface area contributed by atoms with Gasteiger partial charge in [-0.05, 0) is 36.4 Å². The molecule has 0 aromatic heterocycles. The zero-order chi connectivity index (χ0) is 23.8. The summed E-state index contributed by atoms with van der Waals surface area (Å²) in [6.45, 7) is 10.3. The Balaban J connectivity index is 1.42. The average Bonchev–Trinajstić information content (AvgIpc) is 2.74. The third-order valence-corrected chi connectivity index (χ3v) is 7.09. The molecule has 33 heavy (non-hydrogen) atoms. The van der Waals surface area contributed by atoms with Crippen molar-refractivity contribution in [1.82, 2.24) is 10.6 Å². The van der Waals surface area contributed by atoms with E-state index < -0.39 is 0 Å². The van der Waals surface area contributed by atoms with Crippen molar-refractivity contribution in [3.63, 3.8) is 0 Å². The molecule has 0 unspecified atom stereocenters. The summed E-state index contributed by atoms with van der Waals surface area (Å²) in [6, 6.07) is 14.5. The Hall–Kier alpha value is -2.99. The van der Waals surface area contributed by atoms with E-state index in [4.69, 9.17) is 21.6 Å². The van der Waals surface area contributed by atoms with Crippen LogP contribution in [0, 0.1) is 39.9 Å². The third-order valence-electron chi connectivity index (χ3n) is 6.78. The van der Waals surface area contributed by atoms with Gasteiger partial charge in [0.1, 0.15) is 17.9 Å². The molecule has 6 heteroatoms. The van der Waals surface area contributed by atoms with Crippen molar-refractivity contribution in [2.24, 2.45) is 16.7 Å². The summed E-state index contributed by atoms with van der Waals surface area (Å²) in [5, 5.41) is 15.9. The fourth-order valence-corrected chi connectivity index (χ4v) is 5.30. The van der Waals surface area contributed by atoms with E-state index in [1.807, 2.05) is 24.3 Å². The number of hydrogen-bond donors (Lipinski definition) is 2. The number of hydrogen-bond acceptors (Lipinski definition) is 4. The number of carbonyl (C=O) groups excluding carboxylic acids is 1. The SMILES string of the molecule is CC1(C)[C@H](NC(=O)c2ccc(C#CC3CNC3)cc2)C(C)(C)[C@H]1Oc1ccc(C#N)c(Cl)c1. The van der Waals surface area contributed by atoms with Crippen molar-refractivity contribution in [3.8, 4) is 23.7 Å². The number of carbonyl (C=O) groups is 1. The Morgan fingerprint density at radius 2 is 1.79 bits per heavy atom. The number of halogens is 1. The van der Waals surface area contributed by atoms with Gasteiger partial charge in [-0.25, -0.2) is 0 Å². The van der Waals surface area contributed by atoms with E-state index in [9.17, 15) is 4.79 Å². The Labute approximate surface area is 200 Å². The molecule has 1 aliphatic heterocycles. The van der Waals surface area contributed by atoms with Crippen LogP contribution in [0.2, 0.25) is 5.02 Å². The fourth-order valence-electron chi connectivity index (χ4n) is 5.09. The summed E-state index contributed by atoms with van der Waals surface area (Å²) in [4.78, 5) is 13.0. The Kier molecular flexibility index (Phi) is 6.14. The minimum Gasteiger partial charge on any atom is -0.489 e. The van der Waals surface area contributed by atoms with E-state index in [0.29, 0.717) is 27.8 Å². The molecule has 2 aromatic rings. The molecule has 5 nitrogen and oxygen atoms in total. The first kappa shape index (κ1) is 23.2. The van der Waals surface area contributed by atoms with Gasteiger partial charge in [0.25, 0.3) is 5.91 Å². The molecular weight excluding hydrogens is 434 g/mol. The molecule has 2 aromatic carbocycles. The molecule has 1 saturated carbocycles. The van der Waals surface area contributed by atoms with Gasteiger partial charge in [-0.2, -0.15) is 5.26 Å². The van der Waals surface area contributed by atoms with Crippen LogP contribution >= 0.6 is 11.6 Å². The van der Waals surface area contributed by atoms with Crippen LogP contribution in [0.3, 0.4) is 0 Å². The van der Waals surface area contributed by atoms with Crippen LogP contribution in [0.4, 0.5) is 0 Å². The van der Waals surface area contributed by atoms with Crippen LogP contribution in [-0.4, -0.2) is 31.1 Å². The topological polar surface area (TPSA) is 74.2 Å². The number of benzene rings is 2. The zero-order valence-electron chi connectivity index (χ0n) is 19.3. The largest absolute Gasteiger partial charge is 0.489 e. The number of rotatable bonds is 4. The van der Waals surface area contributed by atoms with E-state index in [1.54, 1.807) is 18.2 Å². The van der Waals surface area contributed by atoms with Crippen molar-refractivity contribution in [2.45, 2.75) is 39.8 Å². The first-order valence-electron chi connectivity index (χ1n) is 11.1. The quantitative estimate of drug-likeness (QED) is 0.662. The van der Waals surface area contributed by atoms with Gasteiger partial charge in [-0.1, -0.05) is 51.1 Å². The monoisotopic (exact) mass is 461 g/mol. The van der Waals surface area contributed by atoms with E-state index in [-0.39, 0.29) is 28.9 Å². The Bertz CT molecular complexity index is 1150. The van der Waals surface area contributed by atoms with E-state index in [1.165, 1.54) is 0 Å². The molecule has 1 aliphatic carbocycles. The second kappa shape index (κ2) is 8.75. The Morgan fingerprint density at radius 1 is 1.12 bits per heavy atom. The van der Waals surface area contributed by atoms with E-state index in [2.05, 4.69) is 56.2 Å². The molecule has 2 aliphatic rings. The maximum atomic E-state index is 13.0. The van der Waals surface area contributed by atoms with Crippen LogP contribution < -0.4 is 15.4 Å². The van der Waals surface area contributed by atoms with Crippen LogP contribution in [0.5, 0.6) is 5.75 Å².